The Morgan fingerprint density at radius 3 is 2.50 bits per heavy atom. The zero-order valence-corrected chi connectivity index (χ0v) is 20.6. The Labute approximate surface area is 204 Å². The minimum absolute atomic E-state index is 0.0460. The highest BCUT2D eigenvalue weighted by Gasteiger charge is 2.25. The molecule has 1 aromatic carbocycles. The molecule has 0 saturated carbocycles. The second-order valence-electron chi connectivity index (χ2n) is 6.80. The molecule has 0 radical (unpaired) electrons. The summed E-state index contributed by atoms with van der Waals surface area (Å²) >= 11 is 2.08. The number of carbonyl (C=O) groups is 3. The van der Waals surface area contributed by atoms with Crippen LogP contribution in [0.25, 0.3) is 0 Å². The second-order valence-corrected chi connectivity index (χ2v) is 8.75. The molecule has 3 aromatic rings. The van der Waals surface area contributed by atoms with Gasteiger partial charge in [-0.15, -0.1) is 21.5 Å². The Bertz CT molecular complexity index is 1170. The van der Waals surface area contributed by atoms with Crippen LogP contribution in [-0.2, 0) is 16.1 Å². The number of amides is 1. The molecule has 12 heteroatoms. The maximum absolute atomic E-state index is 12.5. The van der Waals surface area contributed by atoms with Crippen molar-refractivity contribution in [3.8, 4) is 11.5 Å². The van der Waals surface area contributed by atoms with Gasteiger partial charge in [-0.05, 0) is 50.6 Å². The number of anilines is 1. The number of nitrogens with one attached hydrogen (secondary N) is 1. The minimum Gasteiger partial charge on any atom is -0.497 e. The molecule has 0 spiro atoms. The van der Waals surface area contributed by atoms with Crippen LogP contribution < -0.4 is 14.8 Å². The number of rotatable bonds is 11. The lowest BCUT2D eigenvalue weighted by Gasteiger charge is -2.06. The van der Waals surface area contributed by atoms with Crippen molar-refractivity contribution in [1.29, 1.82) is 0 Å². The summed E-state index contributed by atoms with van der Waals surface area (Å²) in [5, 5.41) is 10.9. The van der Waals surface area contributed by atoms with Gasteiger partial charge in [0.2, 0.25) is 5.91 Å². The van der Waals surface area contributed by atoms with Gasteiger partial charge in [0.1, 0.15) is 16.5 Å². The molecule has 0 saturated heterocycles. The number of ketones is 1. The number of ether oxygens (including phenoxy) is 3. The number of thiophene rings is 1. The normalized spacial score (nSPS) is 10.6. The van der Waals surface area contributed by atoms with Crippen LogP contribution >= 0.6 is 23.1 Å². The summed E-state index contributed by atoms with van der Waals surface area (Å²) in [6, 6.07) is 7.04. The number of Topliss-reactive ketones (excluding diaryl/α,β-unsaturated/α-hetero) is 1. The van der Waals surface area contributed by atoms with Gasteiger partial charge in [-0.3, -0.25) is 9.59 Å². The number of hydrogen-bond acceptors (Lipinski definition) is 11. The summed E-state index contributed by atoms with van der Waals surface area (Å²) in [6.07, 6.45) is 0. The van der Waals surface area contributed by atoms with Gasteiger partial charge < -0.3 is 23.9 Å². The van der Waals surface area contributed by atoms with Crippen LogP contribution in [0.3, 0.4) is 0 Å². The molecule has 1 N–H and O–H groups in total. The van der Waals surface area contributed by atoms with E-state index < -0.39 is 11.9 Å². The molecule has 0 fully saturated rings. The highest BCUT2D eigenvalue weighted by molar-refractivity contribution is 7.99. The summed E-state index contributed by atoms with van der Waals surface area (Å²) in [5.41, 5.74) is 0.670. The lowest BCUT2D eigenvalue weighted by molar-refractivity contribution is -0.113. The molecule has 1 amide bonds. The van der Waals surface area contributed by atoms with E-state index in [4.69, 9.17) is 18.6 Å². The Morgan fingerprint density at radius 2 is 1.85 bits per heavy atom. The van der Waals surface area contributed by atoms with E-state index in [0.717, 1.165) is 23.1 Å². The number of hydrogen-bond donors (Lipinski definition) is 1. The van der Waals surface area contributed by atoms with E-state index in [0.29, 0.717) is 21.9 Å². The number of esters is 1. The zero-order valence-electron chi connectivity index (χ0n) is 19.0. The quantitative estimate of drug-likeness (QED) is 0.230. The monoisotopic (exact) mass is 505 g/mol. The van der Waals surface area contributed by atoms with Gasteiger partial charge in [0.25, 0.3) is 11.1 Å². The lowest BCUT2D eigenvalue weighted by atomic mass is 10.1. The molecule has 0 aliphatic carbocycles. The minimum atomic E-state index is -0.592. The van der Waals surface area contributed by atoms with Gasteiger partial charge in [-0.25, -0.2) is 4.79 Å². The Hall–Kier alpha value is -3.38. The van der Waals surface area contributed by atoms with Crippen molar-refractivity contribution in [1.82, 2.24) is 10.2 Å². The Balaban J connectivity index is 1.57. The van der Waals surface area contributed by atoms with Crippen molar-refractivity contribution in [3.63, 3.8) is 0 Å². The van der Waals surface area contributed by atoms with E-state index in [1.54, 1.807) is 45.2 Å². The highest BCUT2D eigenvalue weighted by atomic mass is 32.2. The van der Waals surface area contributed by atoms with E-state index in [1.807, 2.05) is 0 Å². The van der Waals surface area contributed by atoms with Gasteiger partial charge in [0, 0.05) is 0 Å². The maximum atomic E-state index is 12.5. The number of aromatic nitrogens is 2. The number of methoxy groups -OCH3 is 1. The van der Waals surface area contributed by atoms with Gasteiger partial charge in [-0.1, -0.05) is 11.8 Å². The lowest BCUT2D eigenvalue weighted by Crippen LogP contribution is -2.16. The van der Waals surface area contributed by atoms with Crippen LogP contribution in [-0.4, -0.2) is 47.3 Å². The molecule has 0 aliphatic rings. The molecule has 10 nitrogen and oxygen atoms in total. The van der Waals surface area contributed by atoms with Crippen LogP contribution in [0.2, 0.25) is 0 Å². The third kappa shape index (κ3) is 6.35. The van der Waals surface area contributed by atoms with Crippen LogP contribution in [0.15, 0.2) is 33.9 Å². The van der Waals surface area contributed by atoms with Gasteiger partial charge >= 0.3 is 5.97 Å². The highest BCUT2D eigenvalue weighted by Crippen LogP contribution is 2.34. The number of nitrogens with zero attached hydrogens (tertiary/aromatic N) is 2. The van der Waals surface area contributed by atoms with E-state index in [1.165, 1.54) is 6.92 Å². The summed E-state index contributed by atoms with van der Waals surface area (Å²) in [5.74, 6) is 0.343. The number of carbonyl (C=O) groups excluding carboxylic acids is 3. The molecule has 3 rings (SSSR count). The predicted octanol–water partition coefficient (Wildman–Crippen LogP) is 4.14. The molecule has 0 atom stereocenters. The smallest absolute Gasteiger partial charge is 0.341 e. The molecule has 34 heavy (non-hydrogen) atoms. The van der Waals surface area contributed by atoms with E-state index in [-0.39, 0.29) is 46.4 Å². The third-order valence-corrected chi connectivity index (χ3v) is 6.52. The topological polar surface area (TPSA) is 130 Å². The SMILES string of the molecule is CCOC(=O)c1c(NC(=O)CSc2nnc(COc3ccc(OC)cc3)o2)sc(C(C)=O)c1C. The van der Waals surface area contributed by atoms with E-state index in [9.17, 15) is 14.4 Å². The molecular weight excluding hydrogens is 482 g/mol. The van der Waals surface area contributed by atoms with Crippen LogP contribution in [0.1, 0.15) is 45.3 Å². The van der Waals surface area contributed by atoms with Crippen LogP contribution in [0, 0.1) is 6.92 Å². The summed E-state index contributed by atoms with van der Waals surface area (Å²) in [4.78, 5) is 37.1. The summed E-state index contributed by atoms with van der Waals surface area (Å²) < 4.78 is 21.2. The first kappa shape index (κ1) is 25.2. The van der Waals surface area contributed by atoms with Crippen molar-refractivity contribution in [2.24, 2.45) is 0 Å². The second kappa shape index (κ2) is 11.7. The average molecular weight is 506 g/mol. The maximum Gasteiger partial charge on any atom is 0.341 e. The van der Waals surface area contributed by atoms with Crippen LogP contribution in [0.5, 0.6) is 11.5 Å². The fourth-order valence-electron chi connectivity index (χ4n) is 2.85. The molecule has 180 valence electrons. The molecule has 2 heterocycles. The van der Waals surface area contributed by atoms with Crippen LogP contribution in [0.4, 0.5) is 5.00 Å². The first-order valence-corrected chi connectivity index (χ1v) is 12.0. The van der Waals surface area contributed by atoms with E-state index >= 15 is 0 Å². The molecule has 0 aliphatic heterocycles. The zero-order chi connectivity index (χ0) is 24.7. The van der Waals surface area contributed by atoms with Gasteiger partial charge in [0.05, 0.1) is 29.9 Å². The fourth-order valence-corrected chi connectivity index (χ4v) is 4.54. The fraction of sp³-hybridized carbons (Fsp3) is 0.318. The molecule has 0 bridgehead atoms. The first-order chi connectivity index (χ1) is 16.3. The first-order valence-electron chi connectivity index (χ1n) is 10.2. The Kier molecular flexibility index (Phi) is 8.66. The van der Waals surface area contributed by atoms with Crippen molar-refractivity contribution in [3.05, 3.63) is 46.2 Å². The molecule has 2 aromatic heterocycles. The van der Waals surface area contributed by atoms with Gasteiger partial charge in [0.15, 0.2) is 12.4 Å². The Morgan fingerprint density at radius 1 is 1.15 bits per heavy atom. The number of thioether (sulfide) groups is 1. The van der Waals surface area contributed by atoms with Crippen molar-refractivity contribution < 1.29 is 33.0 Å². The largest absolute Gasteiger partial charge is 0.497 e. The van der Waals surface area contributed by atoms with Gasteiger partial charge in [-0.2, -0.15) is 0 Å². The van der Waals surface area contributed by atoms with Crippen molar-refractivity contribution >= 4 is 45.8 Å². The third-order valence-electron chi connectivity index (χ3n) is 4.40. The average Bonchev–Trinajstić information content (AvgIpc) is 3.40. The molecule has 0 unspecified atom stereocenters. The van der Waals surface area contributed by atoms with Crippen molar-refractivity contribution in [2.45, 2.75) is 32.6 Å². The van der Waals surface area contributed by atoms with Crippen molar-refractivity contribution in [2.75, 3.05) is 24.8 Å². The standard InChI is InChI=1S/C22H23N3O7S2/c1-5-30-21(28)18-12(2)19(13(3)26)34-20(18)23-16(27)11-33-22-25-24-17(32-22)10-31-15-8-6-14(29-4)7-9-15/h6-9H,5,10-11H2,1-4H3,(H,23,27). The molecular formula is C22H23N3O7S2. The number of benzene rings is 1. The summed E-state index contributed by atoms with van der Waals surface area (Å²) in [7, 11) is 1.58. The predicted molar refractivity (Wildman–Crippen MR) is 126 cm³/mol. The summed E-state index contributed by atoms with van der Waals surface area (Å²) in [6.45, 7) is 4.98. The van der Waals surface area contributed by atoms with E-state index in [2.05, 4.69) is 15.5 Å².